The topological polar surface area (TPSA) is 41.6 Å². The molecule has 4 heteroatoms. The van der Waals surface area contributed by atoms with Crippen molar-refractivity contribution in [2.45, 2.75) is 32.7 Å². The Morgan fingerprint density at radius 3 is 2.80 bits per heavy atom. The van der Waals surface area contributed by atoms with Crippen molar-refractivity contribution in [3.63, 3.8) is 0 Å². The molecule has 2 rings (SSSR count). The highest BCUT2D eigenvalue weighted by Crippen LogP contribution is 2.29. The van der Waals surface area contributed by atoms with Gasteiger partial charge in [0.25, 0.3) is 0 Å². The summed E-state index contributed by atoms with van der Waals surface area (Å²) in [7, 11) is 1.68. The molecule has 0 saturated carbocycles. The molecule has 0 aliphatic carbocycles. The zero-order valence-electron chi connectivity index (χ0n) is 12.6. The van der Waals surface area contributed by atoms with Gasteiger partial charge in [-0.15, -0.1) is 0 Å². The van der Waals surface area contributed by atoms with E-state index in [4.69, 9.17) is 4.74 Å². The number of hydrogen-bond donors (Lipinski definition) is 1. The third-order valence-corrected chi connectivity index (χ3v) is 4.01. The van der Waals surface area contributed by atoms with Gasteiger partial charge in [-0.2, -0.15) is 0 Å². The lowest BCUT2D eigenvalue weighted by Crippen LogP contribution is -2.37. The molecule has 1 aromatic carbocycles. The Morgan fingerprint density at radius 1 is 1.40 bits per heavy atom. The first-order valence-corrected chi connectivity index (χ1v) is 7.37. The van der Waals surface area contributed by atoms with Gasteiger partial charge in [0.1, 0.15) is 5.75 Å². The monoisotopic (exact) mass is 276 g/mol. The highest BCUT2D eigenvalue weighted by atomic mass is 16.5. The molecule has 1 aliphatic heterocycles. The third-order valence-electron chi connectivity index (χ3n) is 4.01. The summed E-state index contributed by atoms with van der Waals surface area (Å²) in [5.74, 6) is 1.11. The molecule has 0 bridgehead atoms. The van der Waals surface area contributed by atoms with E-state index in [0.717, 1.165) is 31.8 Å². The number of rotatable bonds is 5. The van der Waals surface area contributed by atoms with Gasteiger partial charge in [-0.25, -0.2) is 0 Å². The van der Waals surface area contributed by atoms with E-state index >= 15 is 0 Å². The Labute approximate surface area is 121 Å². The molecule has 0 radical (unpaired) electrons. The lowest BCUT2D eigenvalue weighted by atomic mass is 9.92. The van der Waals surface area contributed by atoms with Crippen molar-refractivity contribution in [2.24, 2.45) is 0 Å². The molecule has 1 amide bonds. The molecule has 20 heavy (non-hydrogen) atoms. The predicted octanol–water partition coefficient (Wildman–Crippen LogP) is 2.14. The van der Waals surface area contributed by atoms with Crippen LogP contribution in [0.1, 0.15) is 37.4 Å². The number of carbonyl (C=O) groups is 1. The molecule has 0 unspecified atom stereocenters. The predicted molar refractivity (Wildman–Crippen MR) is 80.0 cm³/mol. The summed E-state index contributed by atoms with van der Waals surface area (Å²) in [4.78, 5) is 14.2. The minimum absolute atomic E-state index is 0.123. The molecule has 0 saturated heterocycles. The number of hydrogen-bond acceptors (Lipinski definition) is 3. The van der Waals surface area contributed by atoms with Crippen LogP contribution in [0.2, 0.25) is 0 Å². The fourth-order valence-corrected chi connectivity index (χ4v) is 2.82. The van der Waals surface area contributed by atoms with E-state index in [1.54, 1.807) is 7.11 Å². The minimum Gasteiger partial charge on any atom is -0.497 e. The lowest BCUT2D eigenvalue weighted by molar-refractivity contribution is -0.131. The number of nitrogens with one attached hydrogen (secondary N) is 1. The van der Waals surface area contributed by atoms with Crippen LogP contribution >= 0.6 is 0 Å². The van der Waals surface area contributed by atoms with Gasteiger partial charge in [0.05, 0.1) is 7.11 Å². The van der Waals surface area contributed by atoms with Gasteiger partial charge in [0.15, 0.2) is 0 Å². The summed E-state index contributed by atoms with van der Waals surface area (Å²) < 4.78 is 5.27. The van der Waals surface area contributed by atoms with Gasteiger partial charge >= 0.3 is 0 Å². The number of ether oxygens (including phenoxy) is 1. The first kappa shape index (κ1) is 14.9. The van der Waals surface area contributed by atoms with Crippen LogP contribution in [0.5, 0.6) is 5.75 Å². The molecule has 1 heterocycles. The Hall–Kier alpha value is -1.55. The summed E-state index contributed by atoms with van der Waals surface area (Å²) in [5, 5.41) is 3.46. The fraction of sp³-hybridized carbons (Fsp3) is 0.562. The van der Waals surface area contributed by atoms with Crippen LogP contribution in [-0.2, 0) is 11.2 Å². The van der Waals surface area contributed by atoms with E-state index in [1.165, 1.54) is 11.1 Å². The van der Waals surface area contributed by atoms with Gasteiger partial charge in [0, 0.05) is 25.6 Å². The molecule has 1 aliphatic rings. The van der Waals surface area contributed by atoms with Crippen LogP contribution < -0.4 is 10.1 Å². The maximum Gasteiger partial charge on any atom is 0.224 e. The van der Waals surface area contributed by atoms with Crippen molar-refractivity contribution in [1.29, 1.82) is 0 Å². The van der Waals surface area contributed by atoms with Crippen LogP contribution in [0.25, 0.3) is 0 Å². The summed E-state index contributed by atoms with van der Waals surface area (Å²) in [6.45, 7) is 6.51. The van der Waals surface area contributed by atoms with Gasteiger partial charge in [0.2, 0.25) is 5.91 Å². The van der Waals surface area contributed by atoms with E-state index in [9.17, 15) is 4.79 Å². The lowest BCUT2D eigenvalue weighted by Gasteiger charge is -2.29. The molecule has 0 fully saturated rings. The Balaban J connectivity index is 2.14. The van der Waals surface area contributed by atoms with Crippen molar-refractivity contribution >= 4 is 5.91 Å². The molecular weight excluding hydrogens is 252 g/mol. The third kappa shape index (κ3) is 3.12. The van der Waals surface area contributed by atoms with Gasteiger partial charge < -0.3 is 15.0 Å². The van der Waals surface area contributed by atoms with E-state index in [1.807, 2.05) is 24.8 Å². The summed E-state index contributed by atoms with van der Waals surface area (Å²) in [5.41, 5.74) is 2.53. The normalized spacial score (nSPS) is 17.4. The molecule has 110 valence electrons. The quantitative estimate of drug-likeness (QED) is 0.896. The molecular formula is C16H24N2O2. The average Bonchev–Trinajstić information content (AvgIpc) is 2.48. The average molecular weight is 276 g/mol. The maximum atomic E-state index is 12.3. The number of nitrogens with zero attached hydrogens (tertiary/aromatic N) is 1. The standard InChI is InChI=1S/C16H24N2O2/c1-4-18(5-2)16(19)11-15-14-7-6-13(20-3)10-12(14)8-9-17-15/h6-7,10,15,17H,4-5,8-9,11H2,1-3H3/t15-/m0/s1. The van der Waals surface area contributed by atoms with E-state index in [2.05, 4.69) is 17.4 Å². The molecule has 0 aromatic heterocycles. The van der Waals surface area contributed by atoms with Crippen molar-refractivity contribution in [3.8, 4) is 5.75 Å². The van der Waals surface area contributed by atoms with Crippen LogP contribution in [0.15, 0.2) is 18.2 Å². The molecule has 1 atom stereocenters. The van der Waals surface area contributed by atoms with Crippen molar-refractivity contribution in [3.05, 3.63) is 29.3 Å². The smallest absolute Gasteiger partial charge is 0.224 e. The number of amides is 1. The molecule has 1 N–H and O–H groups in total. The maximum absolute atomic E-state index is 12.3. The molecule has 4 nitrogen and oxygen atoms in total. The summed E-state index contributed by atoms with van der Waals surface area (Å²) >= 11 is 0. The first-order valence-electron chi connectivity index (χ1n) is 7.37. The number of methoxy groups -OCH3 is 1. The van der Waals surface area contributed by atoms with Crippen molar-refractivity contribution in [2.75, 3.05) is 26.7 Å². The largest absolute Gasteiger partial charge is 0.497 e. The zero-order chi connectivity index (χ0) is 14.5. The first-order chi connectivity index (χ1) is 9.69. The highest BCUT2D eigenvalue weighted by Gasteiger charge is 2.24. The second-order valence-corrected chi connectivity index (χ2v) is 5.09. The van der Waals surface area contributed by atoms with E-state index in [-0.39, 0.29) is 11.9 Å². The number of fused-ring (bicyclic) bond motifs is 1. The van der Waals surface area contributed by atoms with E-state index in [0.29, 0.717) is 6.42 Å². The van der Waals surface area contributed by atoms with Crippen molar-refractivity contribution in [1.82, 2.24) is 10.2 Å². The Kier molecular flexibility index (Phi) is 5.01. The Morgan fingerprint density at radius 2 is 2.15 bits per heavy atom. The van der Waals surface area contributed by atoms with Crippen LogP contribution in [0.3, 0.4) is 0 Å². The van der Waals surface area contributed by atoms with Gasteiger partial charge in [-0.1, -0.05) is 6.07 Å². The zero-order valence-corrected chi connectivity index (χ0v) is 12.6. The van der Waals surface area contributed by atoms with Gasteiger partial charge in [-0.3, -0.25) is 4.79 Å². The molecule has 1 aromatic rings. The van der Waals surface area contributed by atoms with Gasteiger partial charge in [-0.05, 0) is 50.1 Å². The fourth-order valence-electron chi connectivity index (χ4n) is 2.82. The van der Waals surface area contributed by atoms with E-state index < -0.39 is 0 Å². The second kappa shape index (κ2) is 6.75. The number of benzene rings is 1. The SMILES string of the molecule is CCN(CC)C(=O)C[C@@H]1NCCc2cc(OC)ccc21. The van der Waals surface area contributed by atoms with Crippen LogP contribution in [0.4, 0.5) is 0 Å². The second-order valence-electron chi connectivity index (χ2n) is 5.09. The van der Waals surface area contributed by atoms with Crippen molar-refractivity contribution < 1.29 is 9.53 Å². The molecule has 0 spiro atoms. The number of carbonyl (C=O) groups excluding carboxylic acids is 1. The Bertz CT molecular complexity index is 470. The minimum atomic E-state index is 0.123. The van der Waals surface area contributed by atoms with Crippen LogP contribution in [-0.4, -0.2) is 37.6 Å². The summed E-state index contributed by atoms with van der Waals surface area (Å²) in [6, 6.07) is 6.27. The highest BCUT2D eigenvalue weighted by molar-refractivity contribution is 5.77. The van der Waals surface area contributed by atoms with Crippen LogP contribution in [0, 0.1) is 0 Å². The summed E-state index contributed by atoms with van der Waals surface area (Å²) in [6.07, 6.45) is 1.52.